The fourth-order valence-electron chi connectivity index (χ4n) is 1.07. The molecular weight excluding hydrogens is 312 g/mol. The molecule has 0 saturated carbocycles. The molecule has 0 N–H and O–H groups in total. The first-order valence-electron chi connectivity index (χ1n) is 3.94. The third kappa shape index (κ3) is 2.25. The molecule has 0 bridgehead atoms. The van der Waals surface area contributed by atoms with Crippen molar-refractivity contribution in [1.29, 1.82) is 5.26 Å². The van der Waals surface area contributed by atoms with Gasteiger partial charge in [0.2, 0.25) is 0 Å². The van der Waals surface area contributed by atoms with Crippen LogP contribution in [-0.2, 0) is 0 Å². The predicted octanol–water partition coefficient (Wildman–Crippen LogP) is 2.97. The molecule has 0 aliphatic rings. The molecule has 0 aliphatic heterocycles. The lowest BCUT2D eigenvalue weighted by atomic mass is 10.0. The van der Waals surface area contributed by atoms with Crippen molar-refractivity contribution >= 4 is 40.0 Å². The smallest absolute Gasteiger partial charge is 0.182 e. The minimum Gasteiger partial charge on any atom is -0.292 e. The van der Waals surface area contributed by atoms with Gasteiger partial charge < -0.3 is 0 Å². The van der Waals surface area contributed by atoms with Gasteiger partial charge in [-0.2, -0.15) is 5.26 Å². The lowest BCUT2D eigenvalue weighted by Crippen LogP contribution is -2.14. The van der Waals surface area contributed by atoms with Gasteiger partial charge in [0.15, 0.2) is 5.78 Å². The maximum absolute atomic E-state index is 11.7. The van der Waals surface area contributed by atoms with Crippen LogP contribution in [0.25, 0.3) is 0 Å². The Morgan fingerprint density at radius 3 is 2.79 bits per heavy atom. The number of hydrogen-bond acceptors (Lipinski definition) is 2. The number of ketones is 1. The van der Waals surface area contributed by atoms with Crippen LogP contribution in [0.15, 0.2) is 18.2 Å². The summed E-state index contributed by atoms with van der Waals surface area (Å²) in [5, 5.41) is 8.23. The summed E-state index contributed by atoms with van der Waals surface area (Å²) in [6, 6.07) is 7.14. The summed E-state index contributed by atoms with van der Waals surface area (Å²) in [7, 11) is 0. The number of hydrogen-bond donors (Lipinski definition) is 0. The fraction of sp³-hybridized carbons (Fsp3) is 0.200. The zero-order chi connectivity index (χ0) is 10.7. The van der Waals surface area contributed by atoms with Crippen molar-refractivity contribution in [2.24, 2.45) is 0 Å². The first-order chi connectivity index (χ1) is 6.57. The van der Waals surface area contributed by atoms with E-state index in [1.807, 2.05) is 28.7 Å². The largest absolute Gasteiger partial charge is 0.292 e. The maximum atomic E-state index is 11.7. The third-order valence-electron chi connectivity index (χ3n) is 1.74. The Balaban J connectivity index is 3.33. The number of benzene rings is 1. The first kappa shape index (κ1) is 11.5. The number of nitriles is 1. The Morgan fingerprint density at radius 2 is 2.29 bits per heavy atom. The second kappa shape index (κ2) is 4.76. The molecule has 2 nitrogen and oxygen atoms in total. The summed E-state index contributed by atoms with van der Waals surface area (Å²) in [6.07, 6.45) is 0. The van der Waals surface area contributed by atoms with Crippen molar-refractivity contribution < 1.29 is 4.79 Å². The number of alkyl halides is 1. The quantitative estimate of drug-likeness (QED) is 0.478. The number of rotatable bonds is 2. The second-order valence-corrected chi connectivity index (χ2v) is 4.57. The minimum absolute atomic E-state index is 0.201. The highest BCUT2D eigenvalue weighted by atomic mass is 127. The lowest BCUT2D eigenvalue weighted by molar-refractivity contribution is 0.0990. The summed E-state index contributed by atoms with van der Waals surface area (Å²) in [6.45, 7) is 1.61. The van der Waals surface area contributed by atoms with Crippen molar-refractivity contribution in [3.8, 4) is 6.07 Å². The molecule has 1 aromatic carbocycles. The Hall–Kier alpha value is -0.600. The molecule has 72 valence electrons. The normalized spacial score (nSPS) is 11.9. The number of nitrogens with zero attached hydrogens (tertiary/aromatic N) is 1. The van der Waals surface area contributed by atoms with Crippen LogP contribution in [0.2, 0.25) is 0 Å². The SMILES string of the molecule is CC(Cl)C(=O)c1c(I)cccc1C#N. The van der Waals surface area contributed by atoms with Crippen LogP contribution in [-0.4, -0.2) is 11.2 Å². The monoisotopic (exact) mass is 319 g/mol. The average molecular weight is 320 g/mol. The van der Waals surface area contributed by atoms with Gasteiger partial charge in [-0.1, -0.05) is 6.07 Å². The lowest BCUT2D eigenvalue weighted by Gasteiger charge is -2.06. The van der Waals surface area contributed by atoms with Crippen LogP contribution in [0.4, 0.5) is 0 Å². The molecule has 0 saturated heterocycles. The third-order valence-corrected chi connectivity index (χ3v) is 2.84. The van der Waals surface area contributed by atoms with E-state index in [2.05, 4.69) is 0 Å². The van der Waals surface area contributed by atoms with E-state index in [1.165, 1.54) is 0 Å². The zero-order valence-electron chi connectivity index (χ0n) is 7.42. The van der Waals surface area contributed by atoms with Crippen LogP contribution in [0.5, 0.6) is 0 Å². The molecule has 0 aliphatic carbocycles. The summed E-state index contributed by atoms with van der Waals surface area (Å²) >= 11 is 7.73. The van der Waals surface area contributed by atoms with Crippen LogP contribution < -0.4 is 0 Å². The summed E-state index contributed by atoms with van der Waals surface area (Å²) in [5.74, 6) is -0.201. The van der Waals surface area contributed by atoms with Gasteiger partial charge >= 0.3 is 0 Å². The van der Waals surface area contributed by atoms with E-state index >= 15 is 0 Å². The van der Waals surface area contributed by atoms with Crippen molar-refractivity contribution in [2.75, 3.05) is 0 Å². The van der Waals surface area contributed by atoms with Crippen LogP contribution in [0, 0.1) is 14.9 Å². The van der Waals surface area contributed by atoms with Gasteiger partial charge in [-0.15, -0.1) is 11.6 Å². The number of Topliss-reactive ketones (excluding diaryl/α,β-unsaturated/α-hetero) is 1. The Labute approximate surface area is 101 Å². The van der Waals surface area contributed by atoms with Gasteiger partial charge in [0.05, 0.1) is 22.6 Å². The maximum Gasteiger partial charge on any atom is 0.182 e. The Morgan fingerprint density at radius 1 is 1.64 bits per heavy atom. The molecule has 0 spiro atoms. The van der Waals surface area contributed by atoms with E-state index in [0.717, 1.165) is 3.57 Å². The van der Waals surface area contributed by atoms with E-state index in [9.17, 15) is 4.79 Å². The highest BCUT2D eigenvalue weighted by Crippen LogP contribution is 2.19. The van der Waals surface area contributed by atoms with Crippen LogP contribution in [0.1, 0.15) is 22.8 Å². The molecule has 1 aromatic rings. The predicted molar refractivity (Wildman–Crippen MR) is 63.5 cm³/mol. The van der Waals surface area contributed by atoms with E-state index in [1.54, 1.807) is 25.1 Å². The summed E-state index contributed by atoms with van der Waals surface area (Å²) in [5.41, 5.74) is 0.813. The average Bonchev–Trinajstić information content (AvgIpc) is 2.16. The first-order valence-corrected chi connectivity index (χ1v) is 5.46. The van der Waals surface area contributed by atoms with Gasteiger partial charge in [-0.25, -0.2) is 0 Å². The van der Waals surface area contributed by atoms with E-state index in [-0.39, 0.29) is 5.78 Å². The number of carbonyl (C=O) groups excluding carboxylic acids is 1. The second-order valence-electron chi connectivity index (χ2n) is 2.75. The Bertz CT molecular complexity index is 409. The molecule has 4 heteroatoms. The van der Waals surface area contributed by atoms with Crippen molar-refractivity contribution in [1.82, 2.24) is 0 Å². The van der Waals surface area contributed by atoms with Crippen molar-refractivity contribution in [2.45, 2.75) is 12.3 Å². The van der Waals surface area contributed by atoms with E-state index < -0.39 is 5.38 Å². The molecular formula is C10H7ClINO. The molecule has 1 atom stereocenters. The molecule has 0 amide bonds. The van der Waals surface area contributed by atoms with Gasteiger partial charge in [-0.3, -0.25) is 4.79 Å². The topological polar surface area (TPSA) is 40.9 Å². The molecule has 0 fully saturated rings. The van der Waals surface area contributed by atoms with Gasteiger partial charge in [-0.05, 0) is 41.6 Å². The van der Waals surface area contributed by atoms with Gasteiger partial charge in [0, 0.05) is 3.57 Å². The highest BCUT2D eigenvalue weighted by Gasteiger charge is 2.18. The Kier molecular flexibility index (Phi) is 3.90. The molecule has 1 unspecified atom stereocenters. The summed E-state index contributed by atoms with van der Waals surface area (Å²) < 4.78 is 0.763. The van der Waals surface area contributed by atoms with Crippen LogP contribution in [0.3, 0.4) is 0 Å². The fourth-order valence-corrected chi connectivity index (χ4v) is 1.94. The number of carbonyl (C=O) groups is 1. The standard InChI is InChI=1S/C10H7ClINO/c1-6(11)10(14)9-7(5-13)3-2-4-8(9)12/h2-4,6H,1H3. The van der Waals surface area contributed by atoms with E-state index in [0.29, 0.717) is 11.1 Å². The zero-order valence-corrected chi connectivity index (χ0v) is 10.3. The van der Waals surface area contributed by atoms with Crippen molar-refractivity contribution in [3.63, 3.8) is 0 Å². The molecule has 0 radical (unpaired) electrons. The number of halogens is 2. The minimum atomic E-state index is -0.599. The molecule has 0 heterocycles. The highest BCUT2D eigenvalue weighted by molar-refractivity contribution is 14.1. The molecule has 1 rings (SSSR count). The van der Waals surface area contributed by atoms with E-state index in [4.69, 9.17) is 16.9 Å². The molecule has 14 heavy (non-hydrogen) atoms. The van der Waals surface area contributed by atoms with Crippen molar-refractivity contribution in [3.05, 3.63) is 32.9 Å². The summed E-state index contributed by atoms with van der Waals surface area (Å²) in [4.78, 5) is 11.7. The van der Waals surface area contributed by atoms with Gasteiger partial charge in [0.1, 0.15) is 0 Å². The van der Waals surface area contributed by atoms with Crippen LogP contribution >= 0.6 is 34.2 Å². The molecule has 0 aromatic heterocycles. The van der Waals surface area contributed by atoms with Gasteiger partial charge in [0.25, 0.3) is 0 Å².